The zero-order chi connectivity index (χ0) is 19.1. The minimum absolute atomic E-state index is 0.0205. The number of ether oxygens (including phenoxy) is 1. The molecular weight excluding hydrogens is 340 g/mol. The van der Waals surface area contributed by atoms with Crippen LogP contribution >= 0.6 is 0 Å². The maximum Gasteiger partial charge on any atom is 0.227 e. The minimum Gasteiger partial charge on any atom is -0.492 e. The van der Waals surface area contributed by atoms with Gasteiger partial charge >= 0.3 is 0 Å². The fourth-order valence-corrected chi connectivity index (χ4v) is 4.24. The Kier molecular flexibility index (Phi) is 7.13. The number of benzene rings is 1. The molecule has 1 heterocycles. The predicted molar refractivity (Wildman–Crippen MR) is 107 cm³/mol. The van der Waals surface area contributed by atoms with Crippen LogP contribution in [0.15, 0.2) is 24.3 Å². The fourth-order valence-electron chi connectivity index (χ4n) is 4.24. The number of para-hydroxylation sites is 2. The molecular formula is C22H32N2O3. The Morgan fingerprint density at radius 2 is 1.63 bits per heavy atom. The van der Waals surface area contributed by atoms with Crippen LogP contribution in [-0.2, 0) is 9.59 Å². The lowest BCUT2D eigenvalue weighted by Crippen LogP contribution is -2.39. The lowest BCUT2D eigenvalue weighted by atomic mass is 9.81. The molecule has 5 nitrogen and oxygen atoms in total. The number of carbonyl (C=O) groups excluding carboxylic acids is 2. The monoisotopic (exact) mass is 372 g/mol. The number of rotatable bonds is 5. The van der Waals surface area contributed by atoms with Crippen molar-refractivity contribution >= 4 is 17.5 Å². The van der Waals surface area contributed by atoms with Crippen molar-refractivity contribution in [1.82, 2.24) is 4.90 Å². The number of hydrogen-bond acceptors (Lipinski definition) is 3. The van der Waals surface area contributed by atoms with E-state index < -0.39 is 0 Å². The summed E-state index contributed by atoms with van der Waals surface area (Å²) in [7, 11) is 0. The zero-order valence-corrected chi connectivity index (χ0v) is 16.4. The molecule has 27 heavy (non-hydrogen) atoms. The summed E-state index contributed by atoms with van der Waals surface area (Å²) < 4.78 is 5.59. The van der Waals surface area contributed by atoms with Crippen LogP contribution in [0.4, 0.5) is 5.69 Å². The molecule has 0 spiro atoms. The molecule has 1 aliphatic heterocycles. The second kappa shape index (κ2) is 9.77. The van der Waals surface area contributed by atoms with Gasteiger partial charge in [-0.25, -0.2) is 0 Å². The number of nitrogens with zero attached hydrogens (tertiary/aromatic N) is 1. The van der Waals surface area contributed by atoms with Gasteiger partial charge in [0.25, 0.3) is 0 Å². The molecule has 148 valence electrons. The van der Waals surface area contributed by atoms with Crippen LogP contribution in [0, 0.1) is 11.8 Å². The summed E-state index contributed by atoms with van der Waals surface area (Å²) >= 11 is 0. The van der Waals surface area contributed by atoms with E-state index in [0.29, 0.717) is 18.3 Å². The quantitative estimate of drug-likeness (QED) is 0.841. The van der Waals surface area contributed by atoms with Gasteiger partial charge in [0.15, 0.2) is 0 Å². The number of anilines is 1. The summed E-state index contributed by atoms with van der Waals surface area (Å²) in [4.78, 5) is 27.6. The smallest absolute Gasteiger partial charge is 0.227 e. The molecule has 2 fully saturated rings. The van der Waals surface area contributed by atoms with Crippen molar-refractivity contribution in [3.63, 3.8) is 0 Å². The van der Waals surface area contributed by atoms with E-state index in [1.165, 1.54) is 12.8 Å². The highest BCUT2D eigenvalue weighted by atomic mass is 16.5. The average molecular weight is 373 g/mol. The molecule has 1 aromatic carbocycles. The topological polar surface area (TPSA) is 58.6 Å². The van der Waals surface area contributed by atoms with Gasteiger partial charge in [0.2, 0.25) is 11.8 Å². The van der Waals surface area contributed by atoms with Gasteiger partial charge < -0.3 is 15.0 Å². The summed E-state index contributed by atoms with van der Waals surface area (Å²) in [5, 5.41) is 3.02. The van der Waals surface area contributed by atoms with Crippen molar-refractivity contribution in [2.75, 3.05) is 25.0 Å². The summed E-state index contributed by atoms with van der Waals surface area (Å²) in [5.41, 5.74) is 0.729. The van der Waals surface area contributed by atoms with E-state index in [-0.39, 0.29) is 17.7 Å². The minimum atomic E-state index is -0.0205. The van der Waals surface area contributed by atoms with Gasteiger partial charge in [0.05, 0.1) is 12.3 Å². The van der Waals surface area contributed by atoms with Gasteiger partial charge in [0.1, 0.15) is 5.75 Å². The first-order valence-corrected chi connectivity index (χ1v) is 10.5. The molecule has 0 aromatic heterocycles. The van der Waals surface area contributed by atoms with Crippen LogP contribution in [0.1, 0.15) is 58.3 Å². The molecule has 2 aliphatic rings. The molecule has 1 aromatic rings. The number of carbonyl (C=O) groups is 2. The third-order valence-corrected chi connectivity index (χ3v) is 5.81. The Morgan fingerprint density at radius 3 is 2.30 bits per heavy atom. The van der Waals surface area contributed by atoms with Crippen molar-refractivity contribution in [3.05, 3.63) is 24.3 Å². The van der Waals surface area contributed by atoms with Crippen LogP contribution in [0.5, 0.6) is 5.75 Å². The van der Waals surface area contributed by atoms with Gasteiger partial charge in [0, 0.05) is 24.9 Å². The van der Waals surface area contributed by atoms with Crippen molar-refractivity contribution < 1.29 is 14.3 Å². The Morgan fingerprint density at radius 1 is 1.00 bits per heavy atom. The van der Waals surface area contributed by atoms with E-state index in [1.54, 1.807) is 0 Å². The Hall–Kier alpha value is -2.04. The van der Waals surface area contributed by atoms with Crippen LogP contribution in [0.25, 0.3) is 0 Å². The van der Waals surface area contributed by atoms with Crippen LogP contribution < -0.4 is 10.1 Å². The van der Waals surface area contributed by atoms with Crippen LogP contribution in [0.2, 0.25) is 0 Å². The van der Waals surface area contributed by atoms with E-state index >= 15 is 0 Å². The lowest BCUT2D eigenvalue weighted by Gasteiger charge is -2.31. The van der Waals surface area contributed by atoms with Crippen LogP contribution in [0.3, 0.4) is 0 Å². The second-order valence-corrected chi connectivity index (χ2v) is 7.71. The van der Waals surface area contributed by atoms with Crippen molar-refractivity contribution in [1.29, 1.82) is 0 Å². The molecule has 0 unspecified atom stereocenters. The highest BCUT2D eigenvalue weighted by molar-refractivity contribution is 5.94. The molecule has 0 bridgehead atoms. The van der Waals surface area contributed by atoms with E-state index in [1.807, 2.05) is 31.2 Å². The standard InChI is InChI=1S/C22H32N2O3/c1-2-27-20-10-6-5-9-19(20)23-21(25)17-11-13-18(14-12-17)22(26)24-15-7-3-4-8-16-24/h5-6,9-10,17-18H,2-4,7-8,11-16H2,1H3,(H,23,25). The number of hydrogen-bond donors (Lipinski definition) is 1. The highest BCUT2D eigenvalue weighted by Gasteiger charge is 2.32. The molecule has 2 amide bonds. The lowest BCUT2D eigenvalue weighted by molar-refractivity contribution is -0.137. The third kappa shape index (κ3) is 5.24. The fraction of sp³-hybridized carbons (Fsp3) is 0.636. The summed E-state index contributed by atoms with van der Waals surface area (Å²) in [6.07, 6.45) is 7.94. The van der Waals surface area contributed by atoms with Gasteiger partial charge in [-0.05, 0) is 57.6 Å². The van der Waals surface area contributed by atoms with Crippen molar-refractivity contribution in [2.24, 2.45) is 11.8 Å². The van der Waals surface area contributed by atoms with Crippen molar-refractivity contribution in [2.45, 2.75) is 58.3 Å². The van der Waals surface area contributed by atoms with Crippen molar-refractivity contribution in [3.8, 4) is 5.75 Å². The molecule has 3 rings (SSSR count). The third-order valence-electron chi connectivity index (χ3n) is 5.81. The summed E-state index contributed by atoms with van der Waals surface area (Å²) in [5.74, 6) is 1.15. The SMILES string of the molecule is CCOc1ccccc1NC(=O)C1CCC(C(=O)N2CCCCCC2)CC1. The first-order valence-electron chi connectivity index (χ1n) is 10.5. The van der Waals surface area contributed by atoms with E-state index in [9.17, 15) is 9.59 Å². The molecule has 1 saturated carbocycles. The molecule has 0 radical (unpaired) electrons. The predicted octanol–water partition coefficient (Wildman–Crippen LogP) is 4.23. The van der Waals surface area contributed by atoms with Gasteiger partial charge in [-0.3, -0.25) is 9.59 Å². The maximum atomic E-state index is 12.8. The largest absolute Gasteiger partial charge is 0.492 e. The average Bonchev–Trinajstić information content (AvgIpc) is 2.99. The summed E-state index contributed by atoms with van der Waals surface area (Å²) in [6, 6.07) is 7.54. The summed E-state index contributed by atoms with van der Waals surface area (Å²) in [6.45, 7) is 4.32. The molecule has 1 saturated heterocycles. The van der Waals surface area contributed by atoms with E-state index in [0.717, 1.165) is 57.3 Å². The zero-order valence-electron chi connectivity index (χ0n) is 16.4. The molecule has 1 aliphatic carbocycles. The van der Waals surface area contributed by atoms with Gasteiger partial charge in [-0.15, -0.1) is 0 Å². The second-order valence-electron chi connectivity index (χ2n) is 7.71. The van der Waals surface area contributed by atoms with Gasteiger partial charge in [-0.2, -0.15) is 0 Å². The number of likely N-dealkylation sites (tertiary alicyclic amines) is 1. The number of amides is 2. The normalized spacial score (nSPS) is 23.4. The molecule has 5 heteroatoms. The molecule has 0 atom stereocenters. The first-order chi connectivity index (χ1) is 13.2. The Bertz CT molecular complexity index is 630. The first kappa shape index (κ1) is 19.7. The Labute approximate surface area is 162 Å². The van der Waals surface area contributed by atoms with Gasteiger partial charge in [-0.1, -0.05) is 25.0 Å². The molecule has 1 N–H and O–H groups in total. The highest BCUT2D eigenvalue weighted by Crippen LogP contribution is 2.32. The number of nitrogens with one attached hydrogen (secondary N) is 1. The van der Waals surface area contributed by atoms with Crippen LogP contribution in [-0.4, -0.2) is 36.4 Å². The van der Waals surface area contributed by atoms with E-state index in [4.69, 9.17) is 4.74 Å². The Balaban J connectivity index is 1.51. The van der Waals surface area contributed by atoms with E-state index in [2.05, 4.69) is 10.2 Å². The maximum absolute atomic E-state index is 12.8.